The van der Waals surface area contributed by atoms with Crippen LogP contribution in [0.4, 0.5) is 0 Å². The van der Waals surface area contributed by atoms with Gasteiger partial charge in [0.25, 0.3) is 0 Å². The van der Waals surface area contributed by atoms with E-state index in [9.17, 15) is 19.5 Å². The van der Waals surface area contributed by atoms with E-state index in [4.69, 9.17) is 4.74 Å². The lowest BCUT2D eigenvalue weighted by molar-refractivity contribution is -0.156. The fourth-order valence-electron chi connectivity index (χ4n) is 5.71. The largest absolute Gasteiger partial charge is 0.466 e. The number of aliphatic hydroxyl groups excluding tert-OH is 1. The Kier molecular flexibility index (Phi) is 8.03. The van der Waals surface area contributed by atoms with Gasteiger partial charge in [-0.1, -0.05) is 49.8 Å². The van der Waals surface area contributed by atoms with E-state index in [1.54, 1.807) is 11.6 Å². The summed E-state index contributed by atoms with van der Waals surface area (Å²) < 4.78 is 6.97. The van der Waals surface area contributed by atoms with Crippen molar-refractivity contribution in [1.82, 2.24) is 25.2 Å². The van der Waals surface area contributed by atoms with Crippen LogP contribution in [0.25, 0.3) is 11.0 Å². The molecular weight excluding hydrogens is 462 g/mol. The maximum absolute atomic E-state index is 13.9. The first-order chi connectivity index (χ1) is 17.5. The average Bonchev–Trinajstić information content (AvgIpc) is 3.43. The predicted octanol–water partition coefficient (Wildman–Crippen LogP) is 1.88. The standard InChI is InChI=1S/C26H35N5O5/c1-4-9-16-12-13-18-22(21(16)26(35)36-6-3)25(34)31(17(5-2)14-32)23(18)24(33)27-15-30-20-11-8-7-10-19(20)28-29-30/h7-8,10-13,16-18,21-23,32H,4-6,9,14-15H2,1-3H3,(H,27,33)/t16-,17+,18+,21-,22+,23+/m1/s1. The third-order valence-electron chi connectivity index (χ3n) is 7.40. The molecule has 2 N–H and O–H groups in total. The van der Waals surface area contributed by atoms with Crippen LogP contribution >= 0.6 is 0 Å². The molecular formula is C26H35N5O5. The van der Waals surface area contributed by atoms with Crippen LogP contribution in [0.3, 0.4) is 0 Å². The zero-order valence-corrected chi connectivity index (χ0v) is 21.0. The average molecular weight is 498 g/mol. The van der Waals surface area contributed by atoms with Crippen molar-refractivity contribution in [2.24, 2.45) is 23.7 Å². The lowest BCUT2D eigenvalue weighted by atomic mass is 9.69. The van der Waals surface area contributed by atoms with Crippen LogP contribution in [0.15, 0.2) is 36.4 Å². The molecule has 36 heavy (non-hydrogen) atoms. The fraction of sp³-hybridized carbons (Fsp3) is 0.577. The number of hydrogen-bond acceptors (Lipinski definition) is 7. The molecule has 0 radical (unpaired) electrons. The van der Waals surface area contributed by atoms with E-state index in [0.29, 0.717) is 11.9 Å². The summed E-state index contributed by atoms with van der Waals surface area (Å²) in [5.41, 5.74) is 1.49. The highest BCUT2D eigenvalue weighted by atomic mass is 16.5. The Hall–Kier alpha value is -3.27. The van der Waals surface area contributed by atoms with Crippen LogP contribution in [-0.2, 0) is 25.8 Å². The number of rotatable bonds is 10. The van der Waals surface area contributed by atoms with Gasteiger partial charge in [0.1, 0.15) is 18.2 Å². The minimum Gasteiger partial charge on any atom is -0.466 e. The maximum Gasteiger partial charge on any atom is 0.310 e. The van der Waals surface area contributed by atoms with Crippen molar-refractivity contribution >= 4 is 28.8 Å². The molecule has 1 aliphatic heterocycles. The minimum atomic E-state index is -0.856. The van der Waals surface area contributed by atoms with Crippen molar-refractivity contribution in [2.45, 2.75) is 58.8 Å². The number of esters is 1. The van der Waals surface area contributed by atoms with Crippen LogP contribution in [0.5, 0.6) is 0 Å². The Morgan fingerprint density at radius 2 is 1.97 bits per heavy atom. The number of aliphatic hydroxyl groups is 1. The van der Waals surface area contributed by atoms with Gasteiger partial charge in [-0.2, -0.15) is 0 Å². The zero-order chi connectivity index (χ0) is 25.8. The summed E-state index contributed by atoms with van der Waals surface area (Å²) in [6.45, 7) is 5.67. The molecule has 0 spiro atoms. The second-order valence-electron chi connectivity index (χ2n) is 9.43. The van der Waals surface area contributed by atoms with Crippen molar-refractivity contribution in [3.63, 3.8) is 0 Å². The molecule has 1 fully saturated rings. The molecule has 1 aromatic carbocycles. The van der Waals surface area contributed by atoms with E-state index in [0.717, 1.165) is 18.4 Å². The molecule has 0 bridgehead atoms. The normalized spacial score (nSPS) is 26.2. The van der Waals surface area contributed by atoms with Gasteiger partial charge in [-0.05, 0) is 37.8 Å². The number of aromatic nitrogens is 3. The molecule has 1 aliphatic carbocycles. The highest BCUT2D eigenvalue weighted by Crippen LogP contribution is 2.46. The summed E-state index contributed by atoms with van der Waals surface area (Å²) in [5, 5.41) is 21.2. The van der Waals surface area contributed by atoms with Crippen molar-refractivity contribution in [3.8, 4) is 0 Å². The number of para-hydroxylation sites is 1. The Morgan fingerprint density at radius 1 is 1.19 bits per heavy atom. The molecule has 6 atom stereocenters. The Bertz CT molecular complexity index is 1130. The molecule has 4 rings (SSSR count). The Morgan fingerprint density at radius 3 is 2.67 bits per heavy atom. The van der Waals surface area contributed by atoms with Crippen LogP contribution in [0.2, 0.25) is 0 Å². The number of benzene rings is 1. The zero-order valence-electron chi connectivity index (χ0n) is 21.0. The van der Waals surface area contributed by atoms with Crippen LogP contribution in [0, 0.1) is 23.7 Å². The summed E-state index contributed by atoms with van der Waals surface area (Å²) in [4.78, 5) is 42.1. The SMILES string of the molecule is CCC[C@@H]1C=C[C@H]2[C@H](C(=O)N([C@@H](CC)CO)[C@@H]2C(=O)NCn2nnc3ccccc32)[C@@H]1C(=O)OCC. The van der Waals surface area contributed by atoms with Gasteiger partial charge in [0.2, 0.25) is 11.8 Å². The van der Waals surface area contributed by atoms with Gasteiger partial charge in [0.05, 0.1) is 36.6 Å². The third kappa shape index (κ3) is 4.61. The second kappa shape index (κ2) is 11.2. The topological polar surface area (TPSA) is 127 Å². The highest BCUT2D eigenvalue weighted by Gasteiger charge is 2.58. The Labute approximate surface area is 210 Å². The molecule has 2 amide bonds. The van der Waals surface area contributed by atoms with Gasteiger partial charge >= 0.3 is 5.97 Å². The van der Waals surface area contributed by atoms with Gasteiger partial charge in [-0.3, -0.25) is 14.4 Å². The van der Waals surface area contributed by atoms with Gasteiger partial charge < -0.3 is 20.1 Å². The fourth-order valence-corrected chi connectivity index (χ4v) is 5.71. The summed E-state index contributed by atoms with van der Waals surface area (Å²) in [6, 6.07) is 6.04. The lowest BCUT2D eigenvalue weighted by Gasteiger charge is -2.34. The van der Waals surface area contributed by atoms with Crippen molar-refractivity contribution in [1.29, 1.82) is 0 Å². The van der Waals surface area contributed by atoms with Gasteiger partial charge in [0.15, 0.2) is 0 Å². The van der Waals surface area contributed by atoms with E-state index >= 15 is 0 Å². The molecule has 0 saturated carbocycles. The molecule has 194 valence electrons. The number of fused-ring (bicyclic) bond motifs is 2. The van der Waals surface area contributed by atoms with Gasteiger partial charge in [-0.15, -0.1) is 5.10 Å². The molecule has 2 aromatic rings. The third-order valence-corrected chi connectivity index (χ3v) is 7.40. The molecule has 10 nitrogen and oxygen atoms in total. The van der Waals surface area contributed by atoms with E-state index in [1.807, 2.05) is 50.3 Å². The molecule has 1 saturated heterocycles. The number of nitrogens with zero attached hydrogens (tertiary/aromatic N) is 4. The number of carbonyl (C=O) groups excluding carboxylic acids is 3. The van der Waals surface area contributed by atoms with Crippen LogP contribution < -0.4 is 5.32 Å². The van der Waals surface area contributed by atoms with E-state index in [1.165, 1.54) is 4.90 Å². The number of carbonyl (C=O) groups is 3. The van der Waals surface area contributed by atoms with Crippen molar-refractivity contribution < 1.29 is 24.2 Å². The quantitative estimate of drug-likeness (QED) is 0.379. The van der Waals surface area contributed by atoms with E-state index < -0.39 is 35.8 Å². The monoisotopic (exact) mass is 497 g/mol. The minimum absolute atomic E-state index is 0.0780. The van der Waals surface area contributed by atoms with E-state index in [2.05, 4.69) is 15.6 Å². The molecule has 10 heteroatoms. The predicted molar refractivity (Wildman–Crippen MR) is 132 cm³/mol. The number of allylic oxidation sites excluding steroid dienone is 1. The molecule has 1 aromatic heterocycles. The number of amides is 2. The van der Waals surface area contributed by atoms with Crippen molar-refractivity contribution in [2.75, 3.05) is 13.2 Å². The van der Waals surface area contributed by atoms with Crippen LogP contribution in [0.1, 0.15) is 40.0 Å². The van der Waals surface area contributed by atoms with Gasteiger partial charge in [0, 0.05) is 5.92 Å². The summed E-state index contributed by atoms with van der Waals surface area (Å²) >= 11 is 0. The van der Waals surface area contributed by atoms with E-state index in [-0.39, 0.29) is 37.6 Å². The number of nitrogens with one attached hydrogen (secondary N) is 1. The molecule has 2 heterocycles. The number of ether oxygens (including phenoxy) is 1. The molecule has 0 unspecified atom stereocenters. The molecule has 2 aliphatic rings. The maximum atomic E-state index is 13.9. The van der Waals surface area contributed by atoms with Gasteiger partial charge in [-0.25, -0.2) is 4.68 Å². The second-order valence-corrected chi connectivity index (χ2v) is 9.43. The summed E-state index contributed by atoms with van der Waals surface area (Å²) in [6.07, 6.45) is 5.95. The number of hydrogen-bond donors (Lipinski definition) is 2. The highest BCUT2D eigenvalue weighted by molar-refractivity contribution is 5.96. The smallest absolute Gasteiger partial charge is 0.310 e. The Balaban J connectivity index is 1.66. The van der Waals surface area contributed by atoms with Crippen LogP contribution in [-0.4, -0.2) is 68.1 Å². The summed E-state index contributed by atoms with van der Waals surface area (Å²) in [5.74, 6) is -3.07. The first-order valence-electron chi connectivity index (χ1n) is 12.8. The number of likely N-dealkylation sites (tertiary alicyclic amines) is 1. The first-order valence-corrected chi connectivity index (χ1v) is 12.8. The van der Waals surface area contributed by atoms with Crippen molar-refractivity contribution in [3.05, 3.63) is 36.4 Å². The first kappa shape index (κ1) is 25.8. The summed E-state index contributed by atoms with van der Waals surface area (Å²) in [7, 11) is 0. The lowest BCUT2D eigenvalue weighted by Crippen LogP contribution is -2.52.